The molecular weight excluding hydrogens is 227 g/mol. The summed E-state index contributed by atoms with van der Waals surface area (Å²) in [5, 5.41) is 9.08. The van der Waals surface area contributed by atoms with E-state index in [0.717, 1.165) is 0 Å². The molecule has 1 rings (SSSR count). The van der Waals surface area contributed by atoms with Gasteiger partial charge in [-0.2, -0.15) is 0 Å². The maximum Gasteiger partial charge on any atom is 0.221 e. The van der Waals surface area contributed by atoms with Crippen LogP contribution in [-0.2, 0) is 21.6 Å². The third-order valence-electron chi connectivity index (χ3n) is 1.35. The Kier molecular flexibility index (Phi) is 5.47. The van der Waals surface area contributed by atoms with E-state index >= 15 is 0 Å². The van der Waals surface area contributed by atoms with E-state index < -0.39 is 13.9 Å². The summed E-state index contributed by atoms with van der Waals surface area (Å²) in [5.74, 6) is -1.22. The van der Waals surface area contributed by atoms with Crippen LogP contribution in [0, 0.1) is 0 Å². The van der Waals surface area contributed by atoms with Crippen molar-refractivity contribution in [3.63, 3.8) is 0 Å². The summed E-state index contributed by atoms with van der Waals surface area (Å²) in [5.41, 5.74) is 0.485. The Morgan fingerprint density at radius 2 is 1.75 bits per heavy atom. The van der Waals surface area contributed by atoms with Gasteiger partial charge in [0.15, 0.2) is 5.85 Å². The van der Waals surface area contributed by atoms with Crippen LogP contribution in [0.2, 0.25) is 0 Å². The SMILES string of the molecule is O=[PH](O)C(O)c1ccccc1.[Cu]. The molecule has 2 N–H and O–H groups in total. The molecule has 1 radical (unpaired) electrons. The monoisotopic (exact) mass is 235 g/mol. The van der Waals surface area contributed by atoms with Crippen molar-refractivity contribution < 1.29 is 31.6 Å². The summed E-state index contributed by atoms with van der Waals surface area (Å²) in [4.78, 5) is 8.57. The van der Waals surface area contributed by atoms with Crippen LogP contribution in [0.3, 0.4) is 0 Å². The standard InChI is InChI=1S/C7H9O3P.Cu/c8-7(11(9)10)6-4-2-1-3-5-6;/h1-5,7-8,11H,(H,9,10);. The van der Waals surface area contributed by atoms with Crippen molar-refractivity contribution in [1.82, 2.24) is 0 Å². The summed E-state index contributed by atoms with van der Waals surface area (Å²) in [7, 11) is -2.86. The first-order valence-corrected chi connectivity index (χ1v) is 4.61. The molecule has 0 aliphatic heterocycles. The van der Waals surface area contributed by atoms with Crippen molar-refractivity contribution >= 4 is 8.03 Å². The maximum atomic E-state index is 10.4. The second-order valence-corrected chi connectivity index (χ2v) is 3.37. The molecule has 0 saturated heterocycles. The Morgan fingerprint density at radius 3 is 2.17 bits per heavy atom. The van der Waals surface area contributed by atoms with Gasteiger partial charge >= 0.3 is 0 Å². The van der Waals surface area contributed by atoms with Crippen molar-refractivity contribution in [1.29, 1.82) is 0 Å². The second-order valence-electron chi connectivity index (χ2n) is 2.15. The number of aliphatic hydroxyl groups is 1. The molecule has 0 amide bonds. The zero-order valence-electron chi connectivity index (χ0n) is 6.07. The first-order chi connectivity index (χ1) is 5.22. The third-order valence-corrected chi connectivity index (χ3v) is 2.15. The van der Waals surface area contributed by atoms with E-state index in [0.29, 0.717) is 5.56 Å². The van der Waals surface area contributed by atoms with Gasteiger partial charge in [0.25, 0.3) is 0 Å². The van der Waals surface area contributed by atoms with Gasteiger partial charge in [0, 0.05) is 17.1 Å². The quantitative estimate of drug-likeness (QED) is 0.597. The summed E-state index contributed by atoms with van der Waals surface area (Å²) in [6, 6.07) is 8.43. The van der Waals surface area contributed by atoms with E-state index in [-0.39, 0.29) is 17.1 Å². The normalized spacial score (nSPS) is 14.5. The fraction of sp³-hybridized carbons (Fsp3) is 0.143. The van der Waals surface area contributed by atoms with Gasteiger partial charge < -0.3 is 10.00 Å². The van der Waals surface area contributed by atoms with Gasteiger partial charge in [-0.1, -0.05) is 30.3 Å². The zero-order chi connectivity index (χ0) is 8.27. The Morgan fingerprint density at radius 1 is 1.25 bits per heavy atom. The fourth-order valence-corrected chi connectivity index (χ4v) is 1.26. The number of rotatable bonds is 2. The molecule has 0 fully saturated rings. The summed E-state index contributed by atoms with van der Waals surface area (Å²) in [6.07, 6.45) is 0. The smallest absolute Gasteiger partial charge is 0.221 e. The topological polar surface area (TPSA) is 57.5 Å². The summed E-state index contributed by atoms with van der Waals surface area (Å²) in [6.45, 7) is 0. The largest absolute Gasteiger partial charge is 0.378 e. The minimum atomic E-state index is -2.86. The van der Waals surface area contributed by atoms with Gasteiger partial charge in [0.05, 0.1) is 0 Å². The van der Waals surface area contributed by atoms with E-state index in [1.807, 2.05) is 0 Å². The fourth-order valence-electron chi connectivity index (χ4n) is 0.778. The first kappa shape index (κ1) is 11.9. The van der Waals surface area contributed by atoms with Crippen LogP contribution in [0.25, 0.3) is 0 Å². The van der Waals surface area contributed by atoms with Crippen LogP contribution in [0.1, 0.15) is 11.4 Å². The number of aliphatic hydroxyl groups excluding tert-OH is 1. The van der Waals surface area contributed by atoms with Crippen molar-refractivity contribution in [2.24, 2.45) is 0 Å². The molecule has 0 bridgehead atoms. The molecule has 0 spiro atoms. The minimum absolute atomic E-state index is 0. The molecule has 0 aliphatic rings. The third kappa shape index (κ3) is 3.10. The average molecular weight is 236 g/mol. The molecule has 1 aromatic carbocycles. The van der Waals surface area contributed by atoms with Gasteiger partial charge in [-0.05, 0) is 5.56 Å². The van der Waals surface area contributed by atoms with Gasteiger partial charge in [-0.25, -0.2) is 0 Å². The Labute approximate surface area is 81.8 Å². The van der Waals surface area contributed by atoms with E-state index in [4.69, 9.17) is 10.00 Å². The Balaban J connectivity index is 0.00000121. The summed E-state index contributed by atoms with van der Waals surface area (Å²) < 4.78 is 10.4. The number of hydrogen-bond donors (Lipinski definition) is 2. The van der Waals surface area contributed by atoms with Gasteiger partial charge in [-0.3, -0.25) is 4.57 Å². The molecule has 0 saturated carbocycles. The average Bonchev–Trinajstić information content (AvgIpc) is 2.05. The van der Waals surface area contributed by atoms with Crippen molar-refractivity contribution in [2.45, 2.75) is 5.85 Å². The predicted molar refractivity (Wildman–Crippen MR) is 42.6 cm³/mol. The molecule has 1 aromatic rings. The van der Waals surface area contributed by atoms with Crippen LogP contribution in [-0.4, -0.2) is 10.00 Å². The molecular formula is C7H9CuO3P. The van der Waals surface area contributed by atoms with Gasteiger partial charge in [0.1, 0.15) is 0 Å². The molecule has 0 heterocycles. The van der Waals surface area contributed by atoms with Crippen molar-refractivity contribution in [3.05, 3.63) is 35.9 Å². The van der Waals surface area contributed by atoms with E-state index in [2.05, 4.69) is 0 Å². The Bertz CT molecular complexity index is 252. The molecule has 3 nitrogen and oxygen atoms in total. The second kappa shape index (κ2) is 5.52. The minimum Gasteiger partial charge on any atom is -0.378 e. The van der Waals surface area contributed by atoms with Crippen LogP contribution in [0.15, 0.2) is 30.3 Å². The van der Waals surface area contributed by atoms with Crippen LogP contribution < -0.4 is 0 Å². The van der Waals surface area contributed by atoms with Crippen molar-refractivity contribution in [3.8, 4) is 0 Å². The van der Waals surface area contributed by atoms with E-state index in [1.54, 1.807) is 30.3 Å². The van der Waals surface area contributed by atoms with Gasteiger partial charge in [0.2, 0.25) is 8.03 Å². The molecule has 2 unspecified atom stereocenters. The molecule has 71 valence electrons. The van der Waals surface area contributed by atoms with Crippen LogP contribution in [0.5, 0.6) is 0 Å². The molecule has 5 heteroatoms. The number of benzene rings is 1. The summed E-state index contributed by atoms with van der Waals surface area (Å²) >= 11 is 0. The van der Waals surface area contributed by atoms with Gasteiger partial charge in [-0.15, -0.1) is 0 Å². The van der Waals surface area contributed by atoms with Crippen LogP contribution in [0.4, 0.5) is 0 Å². The molecule has 2 atom stereocenters. The van der Waals surface area contributed by atoms with Crippen molar-refractivity contribution in [2.75, 3.05) is 0 Å². The predicted octanol–water partition coefficient (Wildman–Crippen LogP) is 1.14. The molecule has 12 heavy (non-hydrogen) atoms. The van der Waals surface area contributed by atoms with E-state index in [9.17, 15) is 4.57 Å². The Hall–Kier alpha value is -0.111. The zero-order valence-corrected chi connectivity index (χ0v) is 8.01. The van der Waals surface area contributed by atoms with E-state index in [1.165, 1.54) is 0 Å². The number of hydrogen-bond acceptors (Lipinski definition) is 2. The first-order valence-electron chi connectivity index (χ1n) is 3.17. The van der Waals surface area contributed by atoms with Crippen LogP contribution >= 0.6 is 8.03 Å². The molecule has 0 aromatic heterocycles. The maximum absolute atomic E-state index is 10.4. The molecule has 0 aliphatic carbocycles.